The number of aromatic hydroxyl groups is 1. The number of carbonyl (C=O) groups is 2. The zero-order valence-corrected chi connectivity index (χ0v) is 13.3. The van der Waals surface area contributed by atoms with Crippen molar-refractivity contribution in [1.82, 2.24) is 10.6 Å². The molecule has 6 heteroatoms. The van der Waals surface area contributed by atoms with E-state index in [1.165, 1.54) is 18.2 Å². The maximum absolute atomic E-state index is 13.4. The number of aryl methyl sites for hydroxylation is 1. The number of halogens is 1. The van der Waals surface area contributed by atoms with Crippen LogP contribution in [0, 0.1) is 12.7 Å². The van der Waals surface area contributed by atoms with Crippen LogP contribution in [-0.4, -0.2) is 30.0 Å². The Morgan fingerprint density at radius 2 is 1.71 bits per heavy atom. The zero-order chi connectivity index (χ0) is 17.5. The molecule has 0 radical (unpaired) electrons. The van der Waals surface area contributed by atoms with Crippen molar-refractivity contribution in [3.63, 3.8) is 0 Å². The fraction of sp³-hybridized carbons (Fsp3) is 0.222. The number of carbonyl (C=O) groups excluding carboxylic acids is 2. The van der Waals surface area contributed by atoms with E-state index in [1.807, 2.05) is 0 Å². The third-order valence-corrected chi connectivity index (χ3v) is 3.47. The molecule has 0 aromatic heterocycles. The molecule has 0 saturated heterocycles. The molecule has 0 heterocycles. The lowest BCUT2D eigenvalue weighted by Crippen LogP contribution is -2.35. The summed E-state index contributed by atoms with van der Waals surface area (Å²) in [4.78, 5) is 23.6. The minimum Gasteiger partial charge on any atom is -0.508 e. The Kier molecular flexibility index (Phi) is 5.89. The van der Waals surface area contributed by atoms with Crippen LogP contribution in [0.3, 0.4) is 0 Å². The van der Waals surface area contributed by atoms with Gasteiger partial charge in [-0.05, 0) is 42.3 Å². The van der Waals surface area contributed by atoms with Crippen LogP contribution in [0.4, 0.5) is 4.39 Å². The standard InChI is InChI=1S/C18H19FN2O3/c1-12-2-5-14(11-16(12)19)18(24)21-9-8-20-17(23)10-13-3-6-15(22)7-4-13/h2-7,11,22H,8-10H2,1H3,(H,20,23)(H,21,24). The molecule has 2 aromatic carbocycles. The van der Waals surface area contributed by atoms with Crippen LogP contribution in [0.2, 0.25) is 0 Å². The van der Waals surface area contributed by atoms with Crippen molar-refractivity contribution in [1.29, 1.82) is 0 Å². The summed E-state index contributed by atoms with van der Waals surface area (Å²) in [6, 6.07) is 10.7. The van der Waals surface area contributed by atoms with Crippen LogP contribution in [-0.2, 0) is 11.2 Å². The first-order chi connectivity index (χ1) is 11.5. The number of phenolic OH excluding ortho intramolecular Hbond substituents is 1. The quantitative estimate of drug-likeness (QED) is 0.708. The molecule has 0 bridgehead atoms. The Hall–Kier alpha value is -2.89. The van der Waals surface area contributed by atoms with Gasteiger partial charge in [0, 0.05) is 18.7 Å². The van der Waals surface area contributed by atoms with E-state index in [-0.39, 0.29) is 42.6 Å². The Labute approximate surface area is 139 Å². The second-order valence-corrected chi connectivity index (χ2v) is 5.41. The van der Waals surface area contributed by atoms with Crippen molar-refractivity contribution in [2.45, 2.75) is 13.3 Å². The smallest absolute Gasteiger partial charge is 0.251 e. The highest BCUT2D eigenvalue weighted by Crippen LogP contribution is 2.10. The fourth-order valence-corrected chi connectivity index (χ4v) is 2.08. The van der Waals surface area contributed by atoms with Gasteiger partial charge in [0.1, 0.15) is 11.6 Å². The van der Waals surface area contributed by atoms with Gasteiger partial charge in [-0.15, -0.1) is 0 Å². The summed E-state index contributed by atoms with van der Waals surface area (Å²) in [5, 5.41) is 14.5. The SMILES string of the molecule is Cc1ccc(C(=O)NCCNC(=O)Cc2ccc(O)cc2)cc1F. The first-order valence-corrected chi connectivity index (χ1v) is 7.54. The summed E-state index contributed by atoms with van der Waals surface area (Å²) in [5.74, 6) is -0.850. The van der Waals surface area contributed by atoms with Crippen LogP contribution in [0.1, 0.15) is 21.5 Å². The number of hydrogen-bond donors (Lipinski definition) is 3. The highest BCUT2D eigenvalue weighted by molar-refractivity contribution is 5.94. The maximum Gasteiger partial charge on any atom is 0.251 e. The fourth-order valence-electron chi connectivity index (χ4n) is 2.08. The molecule has 2 amide bonds. The van der Waals surface area contributed by atoms with Gasteiger partial charge in [-0.1, -0.05) is 18.2 Å². The van der Waals surface area contributed by atoms with Gasteiger partial charge in [0.05, 0.1) is 6.42 Å². The molecule has 2 aromatic rings. The topological polar surface area (TPSA) is 78.4 Å². The van der Waals surface area contributed by atoms with Gasteiger partial charge in [-0.25, -0.2) is 4.39 Å². The molecule has 2 rings (SSSR count). The Morgan fingerprint density at radius 1 is 1.04 bits per heavy atom. The lowest BCUT2D eigenvalue weighted by atomic mass is 10.1. The largest absolute Gasteiger partial charge is 0.508 e. The predicted octanol–water partition coefficient (Wildman–Crippen LogP) is 1.93. The minimum absolute atomic E-state index is 0.148. The van der Waals surface area contributed by atoms with Crippen molar-refractivity contribution in [3.8, 4) is 5.75 Å². The van der Waals surface area contributed by atoms with Gasteiger partial charge < -0.3 is 15.7 Å². The average Bonchev–Trinajstić information content (AvgIpc) is 2.56. The van der Waals surface area contributed by atoms with Gasteiger partial charge in [0.25, 0.3) is 5.91 Å². The molecule has 3 N–H and O–H groups in total. The number of rotatable bonds is 6. The van der Waals surface area contributed by atoms with Crippen LogP contribution in [0.5, 0.6) is 5.75 Å². The van der Waals surface area contributed by atoms with Crippen molar-refractivity contribution < 1.29 is 19.1 Å². The van der Waals surface area contributed by atoms with E-state index < -0.39 is 5.82 Å². The molecule has 0 spiro atoms. The number of benzene rings is 2. The zero-order valence-electron chi connectivity index (χ0n) is 13.3. The number of nitrogens with one attached hydrogen (secondary N) is 2. The van der Waals surface area contributed by atoms with E-state index in [2.05, 4.69) is 10.6 Å². The van der Waals surface area contributed by atoms with E-state index >= 15 is 0 Å². The molecule has 0 aliphatic rings. The number of amides is 2. The summed E-state index contributed by atoms with van der Waals surface area (Å²) in [7, 11) is 0. The maximum atomic E-state index is 13.4. The summed E-state index contributed by atoms with van der Waals surface area (Å²) in [6.07, 6.45) is 0.192. The summed E-state index contributed by atoms with van der Waals surface area (Å²) >= 11 is 0. The lowest BCUT2D eigenvalue weighted by molar-refractivity contribution is -0.120. The third kappa shape index (κ3) is 5.08. The normalized spacial score (nSPS) is 10.2. The summed E-state index contributed by atoms with van der Waals surface area (Å²) < 4.78 is 13.4. The Morgan fingerprint density at radius 3 is 2.38 bits per heavy atom. The minimum atomic E-state index is -0.426. The molecule has 0 saturated carbocycles. The van der Waals surface area contributed by atoms with Crippen LogP contribution in [0.25, 0.3) is 0 Å². The van der Waals surface area contributed by atoms with Gasteiger partial charge >= 0.3 is 0 Å². The van der Waals surface area contributed by atoms with Crippen molar-refractivity contribution >= 4 is 11.8 Å². The molecule has 0 unspecified atom stereocenters. The first kappa shape index (κ1) is 17.5. The van der Waals surface area contributed by atoms with Crippen LogP contribution < -0.4 is 10.6 Å². The molecule has 0 fully saturated rings. The molecule has 0 aliphatic carbocycles. The van der Waals surface area contributed by atoms with Gasteiger partial charge in [-0.2, -0.15) is 0 Å². The Bertz CT molecular complexity index is 730. The molecule has 5 nitrogen and oxygen atoms in total. The Balaban J connectivity index is 1.72. The number of phenols is 1. The van der Waals surface area contributed by atoms with E-state index in [1.54, 1.807) is 31.2 Å². The second kappa shape index (κ2) is 8.10. The highest BCUT2D eigenvalue weighted by Gasteiger charge is 2.08. The molecule has 126 valence electrons. The molecular weight excluding hydrogens is 311 g/mol. The van der Waals surface area contributed by atoms with E-state index in [0.29, 0.717) is 5.56 Å². The summed E-state index contributed by atoms with van der Waals surface area (Å²) in [6.45, 7) is 2.15. The van der Waals surface area contributed by atoms with Crippen molar-refractivity contribution in [2.75, 3.05) is 13.1 Å². The van der Waals surface area contributed by atoms with Crippen LogP contribution >= 0.6 is 0 Å². The molecule has 24 heavy (non-hydrogen) atoms. The van der Waals surface area contributed by atoms with Crippen molar-refractivity contribution in [2.24, 2.45) is 0 Å². The second-order valence-electron chi connectivity index (χ2n) is 5.41. The van der Waals surface area contributed by atoms with E-state index in [9.17, 15) is 19.1 Å². The van der Waals surface area contributed by atoms with E-state index in [4.69, 9.17) is 0 Å². The molecular formula is C18H19FN2O3. The first-order valence-electron chi connectivity index (χ1n) is 7.54. The molecule has 0 atom stereocenters. The van der Waals surface area contributed by atoms with Crippen LogP contribution in [0.15, 0.2) is 42.5 Å². The van der Waals surface area contributed by atoms with E-state index in [0.717, 1.165) is 5.56 Å². The lowest BCUT2D eigenvalue weighted by Gasteiger charge is -2.08. The highest BCUT2D eigenvalue weighted by atomic mass is 19.1. The van der Waals surface area contributed by atoms with Crippen molar-refractivity contribution in [3.05, 3.63) is 65.0 Å². The number of hydrogen-bond acceptors (Lipinski definition) is 3. The molecule has 0 aliphatic heterocycles. The van der Waals surface area contributed by atoms with Gasteiger partial charge in [-0.3, -0.25) is 9.59 Å². The average molecular weight is 330 g/mol. The third-order valence-electron chi connectivity index (χ3n) is 3.47. The van der Waals surface area contributed by atoms with Gasteiger partial charge in [0.15, 0.2) is 0 Å². The monoisotopic (exact) mass is 330 g/mol. The predicted molar refractivity (Wildman–Crippen MR) is 88.3 cm³/mol. The summed E-state index contributed by atoms with van der Waals surface area (Å²) in [5.41, 5.74) is 1.51. The van der Waals surface area contributed by atoms with Gasteiger partial charge in [0.2, 0.25) is 5.91 Å².